The van der Waals surface area contributed by atoms with E-state index in [1.807, 2.05) is 6.07 Å². The number of likely N-dealkylation sites (N-methyl/N-ethyl adjacent to an activating group) is 1. The summed E-state index contributed by atoms with van der Waals surface area (Å²) in [6, 6.07) is 17.7. The second-order valence-corrected chi connectivity index (χ2v) is 14.2. The standard InChI is InChI=1S/C36H41BrN8O3/c1-42-21-27(16-28(22-42)40-32-19-39-43(2)36(48)34(32)37)24-5-3-23(4-6-24)20-44-11-13-45(14-12-44)29-8-7-25-15-26(18-38-31(25)17-29)30-9-10-33(46)41-35(30)47/h3-8,15,17-19,27-28,30,40H,9-14,16,20-22H2,1-2H3,(H,41,46,47)/t27-,28+,30?/m1/s1. The molecule has 11 nitrogen and oxygen atoms in total. The highest BCUT2D eigenvalue weighted by Crippen LogP contribution is 2.31. The average Bonchev–Trinajstić information content (AvgIpc) is 3.08. The molecule has 1 unspecified atom stereocenters. The highest BCUT2D eigenvalue weighted by Gasteiger charge is 2.29. The molecular formula is C36H41BrN8O3. The lowest BCUT2D eigenvalue weighted by Gasteiger charge is -2.37. The van der Waals surface area contributed by atoms with Gasteiger partial charge in [0.1, 0.15) is 4.47 Å². The number of amides is 2. The minimum absolute atomic E-state index is 0.146. The quantitative estimate of drug-likeness (QED) is 0.276. The van der Waals surface area contributed by atoms with Gasteiger partial charge in [0.15, 0.2) is 0 Å². The minimum Gasteiger partial charge on any atom is -0.379 e. The van der Waals surface area contributed by atoms with E-state index >= 15 is 0 Å². The number of anilines is 2. The van der Waals surface area contributed by atoms with E-state index in [1.54, 1.807) is 19.4 Å². The molecule has 12 heteroatoms. The molecule has 0 bridgehead atoms. The fourth-order valence-electron chi connectivity index (χ4n) is 7.34. The van der Waals surface area contributed by atoms with Gasteiger partial charge >= 0.3 is 0 Å². The molecule has 4 aromatic rings. The molecule has 250 valence electrons. The number of likely N-dealkylation sites (tertiary alicyclic amines) is 1. The molecule has 3 atom stereocenters. The fraction of sp³-hybridized carbons (Fsp3) is 0.417. The van der Waals surface area contributed by atoms with Gasteiger partial charge in [-0.3, -0.25) is 29.6 Å². The lowest BCUT2D eigenvalue weighted by Crippen LogP contribution is -2.46. The van der Waals surface area contributed by atoms with E-state index in [0.717, 1.165) is 80.1 Å². The Morgan fingerprint density at radius 3 is 2.50 bits per heavy atom. The van der Waals surface area contributed by atoms with Gasteiger partial charge in [-0.25, -0.2) is 4.68 Å². The summed E-state index contributed by atoms with van der Waals surface area (Å²) in [6.07, 6.45) is 5.36. The highest BCUT2D eigenvalue weighted by atomic mass is 79.9. The summed E-state index contributed by atoms with van der Waals surface area (Å²) in [4.78, 5) is 48.2. The monoisotopic (exact) mass is 712 g/mol. The summed E-state index contributed by atoms with van der Waals surface area (Å²) in [5, 5.41) is 11.2. The first-order valence-electron chi connectivity index (χ1n) is 16.7. The second kappa shape index (κ2) is 13.8. The van der Waals surface area contributed by atoms with Crippen LogP contribution in [0.4, 0.5) is 11.4 Å². The number of hydrogen-bond acceptors (Lipinski definition) is 9. The van der Waals surface area contributed by atoms with E-state index in [0.29, 0.717) is 23.2 Å². The average molecular weight is 714 g/mol. The number of piperidine rings is 2. The van der Waals surface area contributed by atoms with Gasteiger partial charge in [0.25, 0.3) is 5.56 Å². The van der Waals surface area contributed by atoms with Crippen LogP contribution in [0.25, 0.3) is 10.9 Å². The minimum atomic E-state index is -0.327. The molecule has 0 saturated carbocycles. The molecular weight excluding hydrogens is 672 g/mol. The number of piperazine rings is 1. The number of aryl methyl sites for hydroxylation is 1. The van der Waals surface area contributed by atoms with Crippen molar-refractivity contribution in [3.63, 3.8) is 0 Å². The van der Waals surface area contributed by atoms with E-state index < -0.39 is 0 Å². The van der Waals surface area contributed by atoms with Crippen LogP contribution in [-0.2, 0) is 23.2 Å². The number of imide groups is 1. The second-order valence-electron chi connectivity index (χ2n) is 13.5. The van der Waals surface area contributed by atoms with E-state index in [-0.39, 0.29) is 29.3 Å². The number of carbonyl (C=O) groups excluding carboxylic acids is 2. The molecule has 2 N–H and O–H groups in total. The molecule has 2 aromatic heterocycles. The Labute approximate surface area is 288 Å². The predicted molar refractivity (Wildman–Crippen MR) is 190 cm³/mol. The zero-order valence-electron chi connectivity index (χ0n) is 27.4. The number of hydrogen-bond donors (Lipinski definition) is 2. The Morgan fingerprint density at radius 2 is 1.73 bits per heavy atom. The van der Waals surface area contributed by atoms with Gasteiger partial charge in [0.05, 0.1) is 23.3 Å². The van der Waals surface area contributed by atoms with Gasteiger partial charge in [-0.1, -0.05) is 30.3 Å². The molecule has 3 aliphatic heterocycles. The van der Waals surface area contributed by atoms with Crippen LogP contribution >= 0.6 is 15.9 Å². The Hall–Kier alpha value is -4.13. The number of nitrogens with zero attached hydrogens (tertiary/aromatic N) is 6. The maximum atomic E-state index is 12.3. The van der Waals surface area contributed by atoms with E-state index in [9.17, 15) is 14.4 Å². The number of nitrogens with one attached hydrogen (secondary N) is 2. The van der Waals surface area contributed by atoms with Crippen LogP contribution in [0.15, 0.2) is 70.2 Å². The zero-order valence-corrected chi connectivity index (χ0v) is 28.9. The molecule has 3 fully saturated rings. The third-order valence-corrected chi connectivity index (χ3v) is 10.8. The highest BCUT2D eigenvalue weighted by molar-refractivity contribution is 9.10. The summed E-state index contributed by atoms with van der Waals surface area (Å²) in [5.41, 5.74) is 6.19. The van der Waals surface area contributed by atoms with Crippen LogP contribution in [-0.4, -0.2) is 88.7 Å². The molecule has 5 heterocycles. The van der Waals surface area contributed by atoms with Crippen LogP contribution in [0, 0.1) is 0 Å². The van der Waals surface area contributed by atoms with Crippen LogP contribution in [0.1, 0.15) is 47.8 Å². The third-order valence-electron chi connectivity index (χ3n) is 10.00. The molecule has 2 amide bonds. The number of benzene rings is 2. The first kappa shape index (κ1) is 32.4. The van der Waals surface area contributed by atoms with Crippen LogP contribution in [0.2, 0.25) is 0 Å². The predicted octanol–water partition coefficient (Wildman–Crippen LogP) is 3.83. The smallest absolute Gasteiger partial charge is 0.282 e. The van der Waals surface area contributed by atoms with Gasteiger partial charge in [-0.05, 0) is 76.6 Å². The largest absolute Gasteiger partial charge is 0.379 e. The van der Waals surface area contributed by atoms with Gasteiger partial charge < -0.3 is 15.1 Å². The number of fused-ring (bicyclic) bond motifs is 1. The van der Waals surface area contributed by atoms with Crippen LogP contribution in [0.3, 0.4) is 0 Å². The molecule has 48 heavy (non-hydrogen) atoms. The van der Waals surface area contributed by atoms with Crippen LogP contribution < -0.4 is 21.1 Å². The number of halogens is 1. The number of carbonyl (C=O) groups is 2. The van der Waals surface area contributed by atoms with Crippen LogP contribution in [0.5, 0.6) is 0 Å². The van der Waals surface area contributed by atoms with Crippen molar-refractivity contribution < 1.29 is 9.59 Å². The number of pyridine rings is 1. The summed E-state index contributed by atoms with van der Waals surface area (Å²) < 4.78 is 1.85. The summed E-state index contributed by atoms with van der Waals surface area (Å²) >= 11 is 3.45. The van der Waals surface area contributed by atoms with Gasteiger partial charge in [0.2, 0.25) is 11.8 Å². The lowest BCUT2D eigenvalue weighted by molar-refractivity contribution is -0.134. The fourth-order valence-corrected chi connectivity index (χ4v) is 7.81. The molecule has 0 aliphatic carbocycles. The van der Waals surface area contributed by atoms with E-state index in [2.05, 4.69) is 101 Å². The molecule has 0 radical (unpaired) electrons. The van der Waals surface area contributed by atoms with Crippen molar-refractivity contribution in [1.29, 1.82) is 0 Å². The Kier molecular flexibility index (Phi) is 9.30. The number of aromatic nitrogens is 3. The molecule has 7 rings (SSSR count). The topological polar surface area (TPSA) is 116 Å². The van der Waals surface area contributed by atoms with Crippen molar-refractivity contribution in [1.82, 2.24) is 29.9 Å². The van der Waals surface area contributed by atoms with Crippen molar-refractivity contribution in [2.75, 3.05) is 56.5 Å². The Balaban J connectivity index is 0.928. The molecule has 3 aliphatic rings. The SMILES string of the molecule is CN1C[C@@H](Nc2cnn(C)c(=O)c2Br)C[C@@H](c2ccc(CN3CCN(c4ccc5cc(C6CCC(=O)NC6=O)cnc5c4)CC3)cc2)C1. The maximum absolute atomic E-state index is 12.3. The third kappa shape index (κ3) is 7.01. The van der Waals surface area contributed by atoms with Crippen molar-refractivity contribution in [3.05, 3.63) is 92.4 Å². The van der Waals surface area contributed by atoms with E-state index in [1.165, 1.54) is 15.8 Å². The van der Waals surface area contributed by atoms with Crippen molar-refractivity contribution in [3.8, 4) is 0 Å². The Morgan fingerprint density at radius 1 is 0.938 bits per heavy atom. The Bertz CT molecular complexity index is 1890. The van der Waals surface area contributed by atoms with Gasteiger partial charge in [-0.15, -0.1) is 0 Å². The lowest BCUT2D eigenvalue weighted by atomic mass is 9.87. The molecule has 2 aromatic carbocycles. The summed E-state index contributed by atoms with van der Waals surface area (Å²) in [7, 11) is 3.81. The first-order chi connectivity index (χ1) is 23.2. The maximum Gasteiger partial charge on any atom is 0.282 e. The van der Waals surface area contributed by atoms with Crippen molar-refractivity contribution in [2.24, 2.45) is 7.05 Å². The van der Waals surface area contributed by atoms with Crippen molar-refractivity contribution in [2.45, 2.75) is 43.7 Å². The number of rotatable bonds is 7. The molecule has 3 saturated heterocycles. The zero-order chi connectivity index (χ0) is 33.4. The van der Waals surface area contributed by atoms with Gasteiger partial charge in [-0.2, -0.15) is 5.10 Å². The molecule has 0 spiro atoms. The summed E-state index contributed by atoms with van der Waals surface area (Å²) in [5.74, 6) is -0.363. The van der Waals surface area contributed by atoms with E-state index in [4.69, 9.17) is 0 Å². The van der Waals surface area contributed by atoms with Crippen molar-refractivity contribution >= 4 is 50.0 Å². The first-order valence-corrected chi connectivity index (χ1v) is 17.5. The van der Waals surface area contributed by atoms with Gasteiger partial charge in [0, 0.05) is 82.6 Å². The summed E-state index contributed by atoms with van der Waals surface area (Å²) in [6.45, 7) is 6.68. The normalized spacial score (nSPS) is 22.6.